The number of benzene rings is 1. The standard InChI is InChI=1S/C17H21NO4/c1-12-3-2-4-15(12)17(21)18-10-9-13-5-7-14(8-6-13)22-11-16(19)20/h5-8H,2-4,9-11H2,1H3,(H,18,21)(H,19,20). The molecular weight excluding hydrogens is 282 g/mol. The van der Waals surface area contributed by atoms with Gasteiger partial charge >= 0.3 is 5.97 Å². The van der Waals surface area contributed by atoms with Gasteiger partial charge in [-0.25, -0.2) is 4.79 Å². The third-order valence-electron chi connectivity index (χ3n) is 3.75. The lowest BCUT2D eigenvalue weighted by atomic mass is 10.1. The number of carboxylic acids is 1. The van der Waals surface area contributed by atoms with Gasteiger partial charge in [0, 0.05) is 12.1 Å². The predicted molar refractivity (Wildman–Crippen MR) is 82.8 cm³/mol. The molecule has 0 aliphatic heterocycles. The van der Waals surface area contributed by atoms with E-state index in [9.17, 15) is 9.59 Å². The van der Waals surface area contributed by atoms with E-state index in [1.165, 1.54) is 5.57 Å². The summed E-state index contributed by atoms with van der Waals surface area (Å²) in [6.45, 7) is 2.27. The molecule has 1 amide bonds. The predicted octanol–water partition coefficient (Wildman–Crippen LogP) is 2.31. The Balaban J connectivity index is 1.76. The van der Waals surface area contributed by atoms with E-state index in [1.807, 2.05) is 19.1 Å². The average molecular weight is 303 g/mol. The molecule has 5 nitrogen and oxygen atoms in total. The minimum Gasteiger partial charge on any atom is -0.482 e. The molecule has 0 spiro atoms. The van der Waals surface area contributed by atoms with Crippen LogP contribution in [0.25, 0.3) is 0 Å². The minimum atomic E-state index is -0.997. The zero-order chi connectivity index (χ0) is 15.9. The number of nitrogens with one attached hydrogen (secondary N) is 1. The second kappa shape index (κ2) is 7.64. The lowest BCUT2D eigenvalue weighted by molar-refractivity contribution is -0.139. The summed E-state index contributed by atoms with van der Waals surface area (Å²) in [5, 5.41) is 11.5. The monoisotopic (exact) mass is 303 g/mol. The van der Waals surface area contributed by atoms with E-state index in [4.69, 9.17) is 9.84 Å². The summed E-state index contributed by atoms with van der Waals surface area (Å²) in [6.07, 6.45) is 3.72. The maximum atomic E-state index is 12.0. The smallest absolute Gasteiger partial charge is 0.341 e. The first-order valence-electron chi connectivity index (χ1n) is 7.46. The van der Waals surface area contributed by atoms with Gasteiger partial charge < -0.3 is 15.2 Å². The van der Waals surface area contributed by atoms with E-state index < -0.39 is 5.97 Å². The number of hydrogen-bond donors (Lipinski definition) is 2. The highest BCUT2D eigenvalue weighted by molar-refractivity contribution is 5.94. The molecule has 0 saturated heterocycles. The van der Waals surface area contributed by atoms with Crippen molar-refractivity contribution in [3.05, 3.63) is 41.0 Å². The van der Waals surface area contributed by atoms with Crippen molar-refractivity contribution < 1.29 is 19.4 Å². The molecule has 0 saturated carbocycles. The van der Waals surface area contributed by atoms with Crippen LogP contribution in [0, 0.1) is 0 Å². The molecule has 0 fully saturated rings. The molecule has 1 aliphatic rings. The average Bonchev–Trinajstić information content (AvgIpc) is 2.92. The fraction of sp³-hybridized carbons (Fsp3) is 0.412. The molecule has 0 heterocycles. The van der Waals surface area contributed by atoms with E-state index in [0.717, 1.165) is 36.8 Å². The number of allylic oxidation sites excluding steroid dienone is 1. The first kappa shape index (κ1) is 16.1. The lowest BCUT2D eigenvalue weighted by Crippen LogP contribution is -2.27. The Hall–Kier alpha value is -2.30. The van der Waals surface area contributed by atoms with Crippen LogP contribution in [0.4, 0.5) is 0 Å². The fourth-order valence-corrected chi connectivity index (χ4v) is 2.53. The van der Waals surface area contributed by atoms with Crippen molar-refractivity contribution in [1.82, 2.24) is 5.32 Å². The summed E-state index contributed by atoms with van der Waals surface area (Å²) < 4.78 is 5.07. The van der Waals surface area contributed by atoms with Gasteiger partial charge in [0.05, 0.1) is 0 Å². The number of ether oxygens (including phenoxy) is 1. The SMILES string of the molecule is CC1=C(C(=O)NCCc2ccc(OCC(=O)O)cc2)CCC1. The van der Waals surface area contributed by atoms with E-state index in [0.29, 0.717) is 12.3 Å². The summed E-state index contributed by atoms with van der Waals surface area (Å²) >= 11 is 0. The highest BCUT2D eigenvalue weighted by Gasteiger charge is 2.17. The summed E-state index contributed by atoms with van der Waals surface area (Å²) in [6, 6.07) is 7.24. The molecule has 2 N–H and O–H groups in total. The Morgan fingerprint density at radius 1 is 1.23 bits per heavy atom. The van der Waals surface area contributed by atoms with Crippen molar-refractivity contribution in [2.24, 2.45) is 0 Å². The third kappa shape index (κ3) is 4.62. The normalized spacial score (nSPS) is 14.0. The van der Waals surface area contributed by atoms with Crippen LogP contribution in [0.2, 0.25) is 0 Å². The van der Waals surface area contributed by atoms with Gasteiger partial charge in [-0.15, -0.1) is 0 Å². The van der Waals surface area contributed by atoms with Crippen LogP contribution >= 0.6 is 0 Å². The van der Waals surface area contributed by atoms with Crippen LogP contribution in [0.15, 0.2) is 35.4 Å². The molecule has 118 valence electrons. The Kier molecular flexibility index (Phi) is 5.58. The zero-order valence-electron chi connectivity index (χ0n) is 12.7. The van der Waals surface area contributed by atoms with Crippen molar-refractivity contribution in [3.63, 3.8) is 0 Å². The van der Waals surface area contributed by atoms with E-state index >= 15 is 0 Å². The Labute approximate surface area is 130 Å². The molecule has 0 atom stereocenters. The van der Waals surface area contributed by atoms with Crippen molar-refractivity contribution >= 4 is 11.9 Å². The molecule has 1 aromatic carbocycles. The maximum absolute atomic E-state index is 12.0. The number of hydrogen-bond acceptors (Lipinski definition) is 3. The van der Waals surface area contributed by atoms with Crippen LogP contribution in [-0.4, -0.2) is 30.1 Å². The van der Waals surface area contributed by atoms with Crippen LogP contribution in [-0.2, 0) is 16.0 Å². The molecular formula is C17H21NO4. The quantitative estimate of drug-likeness (QED) is 0.810. The fourth-order valence-electron chi connectivity index (χ4n) is 2.53. The zero-order valence-corrected chi connectivity index (χ0v) is 12.7. The number of carbonyl (C=O) groups excluding carboxylic acids is 1. The van der Waals surface area contributed by atoms with Gasteiger partial charge in [-0.1, -0.05) is 17.7 Å². The van der Waals surface area contributed by atoms with E-state index in [2.05, 4.69) is 5.32 Å². The van der Waals surface area contributed by atoms with Crippen LogP contribution in [0.3, 0.4) is 0 Å². The third-order valence-corrected chi connectivity index (χ3v) is 3.75. The first-order chi connectivity index (χ1) is 10.6. The van der Waals surface area contributed by atoms with Crippen molar-refractivity contribution in [2.45, 2.75) is 32.6 Å². The summed E-state index contributed by atoms with van der Waals surface area (Å²) in [4.78, 5) is 22.4. The van der Waals surface area contributed by atoms with Crippen molar-refractivity contribution in [1.29, 1.82) is 0 Å². The first-order valence-corrected chi connectivity index (χ1v) is 7.46. The van der Waals surface area contributed by atoms with Gasteiger partial charge in [0.25, 0.3) is 0 Å². The highest BCUT2D eigenvalue weighted by atomic mass is 16.5. The van der Waals surface area contributed by atoms with Gasteiger partial charge in [0.2, 0.25) is 5.91 Å². The van der Waals surface area contributed by atoms with E-state index in [-0.39, 0.29) is 12.5 Å². The maximum Gasteiger partial charge on any atom is 0.341 e. The Morgan fingerprint density at radius 2 is 1.95 bits per heavy atom. The van der Waals surface area contributed by atoms with E-state index in [1.54, 1.807) is 12.1 Å². The topological polar surface area (TPSA) is 75.6 Å². The van der Waals surface area contributed by atoms with Crippen molar-refractivity contribution in [3.8, 4) is 5.75 Å². The van der Waals surface area contributed by atoms with Gasteiger partial charge in [-0.2, -0.15) is 0 Å². The molecule has 0 radical (unpaired) electrons. The van der Waals surface area contributed by atoms with Crippen LogP contribution in [0.5, 0.6) is 5.75 Å². The highest BCUT2D eigenvalue weighted by Crippen LogP contribution is 2.25. The van der Waals surface area contributed by atoms with Crippen molar-refractivity contribution in [2.75, 3.05) is 13.2 Å². The number of aliphatic carboxylic acids is 1. The van der Waals surface area contributed by atoms with Gasteiger partial charge in [-0.05, 0) is 50.3 Å². The number of carbonyl (C=O) groups is 2. The summed E-state index contributed by atoms with van der Waals surface area (Å²) in [7, 11) is 0. The second-order valence-corrected chi connectivity index (χ2v) is 5.44. The molecule has 1 aromatic rings. The molecule has 1 aliphatic carbocycles. The molecule has 22 heavy (non-hydrogen) atoms. The largest absolute Gasteiger partial charge is 0.482 e. The molecule has 0 bridgehead atoms. The Bertz CT molecular complexity index is 575. The molecule has 2 rings (SSSR count). The van der Waals surface area contributed by atoms with Gasteiger partial charge in [-0.3, -0.25) is 4.79 Å². The van der Waals surface area contributed by atoms with Gasteiger partial charge in [0.1, 0.15) is 5.75 Å². The summed E-state index contributed by atoms with van der Waals surface area (Å²) in [5.41, 5.74) is 3.22. The molecule has 0 unspecified atom stereocenters. The molecule has 0 aromatic heterocycles. The van der Waals surface area contributed by atoms with Gasteiger partial charge in [0.15, 0.2) is 6.61 Å². The number of amides is 1. The van der Waals surface area contributed by atoms with Crippen LogP contribution in [0.1, 0.15) is 31.7 Å². The minimum absolute atomic E-state index is 0.0522. The molecule has 5 heteroatoms. The summed E-state index contributed by atoms with van der Waals surface area (Å²) in [5.74, 6) is -0.415. The lowest BCUT2D eigenvalue weighted by Gasteiger charge is -2.08. The number of carboxylic acid groups (broad SMARTS) is 1. The Morgan fingerprint density at radius 3 is 2.55 bits per heavy atom. The number of rotatable bonds is 7. The second-order valence-electron chi connectivity index (χ2n) is 5.44. The van der Waals surface area contributed by atoms with Crippen LogP contribution < -0.4 is 10.1 Å².